The molecule has 5 nitrogen and oxygen atoms in total. The van der Waals surface area contributed by atoms with Crippen LogP contribution in [0.25, 0.3) is 0 Å². The molecule has 0 unspecified atom stereocenters. The second kappa shape index (κ2) is 8.27. The van der Waals surface area contributed by atoms with Crippen LogP contribution in [0, 0.1) is 0 Å². The molecule has 3 aromatic rings. The van der Waals surface area contributed by atoms with Crippen molar-refractivity contribution in [2.45, 2.75) is 0 Å². The van der Waals surface area contributed by atoms with Gasteiger partial charge in [0.1, 0.15) is 11.5 Å². The molecule has 6 heteroatoms. The van der Waals surface area contributed by atoms with Crippen LogP contribution in [0.3, 0.4) is 0 Å². The lowest BCUT2D eigenvalue weighted by Crippen LogP contribution is -2.19. The lowest BCUT2D eigenvalue weighted by molar-refractivity contribution is 0.262. The topological polar surface area (TPSA) is 59.6 Å². The van der Waals surface area contributed by atoms with E-state index in [-0.39, 0.29) is 0 Å². The Balaban J connectivity index is 1.75. The fourth-order valence-electron chi connectivity index (χ4n) is 2.29. The highest BCUT2D eigenvalue weighted by molar-refractivity contribution is 6.31. The Morgan fingerprint density at radius 2 is 1.65 bits per heavy atom. The zero-order valence-electron chi connectivity index (χ0n) is 14.0. The summed E-state index contributed by atoms with van der Waals surface area (Å²) in [4.78, 5) is 12.3. The van der Waals surface area contributed by atoms with Crippen LogP contribution in [0.5, 0.6) is 17.2 Å². The minimum absolute atomic E-state index is 0.418. The minimum Gasteiger partial charge on any atom is -0.497 e. The molecule has 0 aromatic heterocycles. The molecule has 132 valence electrons. The van der Waals surface area contributed by atoms with Crippen molar-refractivity contribution in [2.75, 3.05) is 17.7 Å². The van der Waals surface area contributed by atoms with Crippen LogP contribution in [-0.2, 0) is 0 Å². The first-order valence-corrected chi connectivity index (χ1v) is 8.26. The zero-order valence-corrected chi connectivity index (χ0v) is 14.8. The maximum Gasteiger partial charge on any atom is 0.323 e. The molecule has 0 aliphatic heterocycles. The number of carbonyl (C=O) groups is 1. The van der Waals surface area contributed by atoms with Crippen LogP contribution in [0.4, 0.5) is 16.2 Å². The Bertz CT molecular complexity index is 901. The Kier molecular flexibility index (Phi) is 5.61. The number of urea groups is 1. The van der Waals surface area contributed by atoms with E-state index < -0.39 is 6.03 Å². The third-order valence-electron chi connectivity index (χ3n) is 3.49. The number of ether oxygens (including phenoxy) is 2. The number of carbonyl (C=O) groups excluding carboxylic acids is 1. The van der Waals surface area contributed by atoms with E-state index >= 15 is 0 Å². The largest absolute Gasteiger partial charge is 0.497 e. The summed E-state index contributed by atoms with van der Waals surface area (Å²) in [6.07, 6.45) is 0. The third kappa shape index (κ3) is 4.68. The maximum atomic E-state index is 12.3. The predicted molar refractivity (Wildman–Crippen MR) is 104 cm³/mol. The molecule has 0 spiro atoms. The second-order valence-electron chi connectivity index (χ2n) is 5.37. The first-order chi connectivity index (χ1) is 12.6. The fraction of sp³-hybridized carbons (Fsp3) is 0.0500. The van der Waals surface area contributed by atoms with Gasteiger partial charge in [-0.1, -0.05) is 35.9 Å². The smallest absolute Gasteiger partial charge is 0.323 e. The SMILES string of the molecule is COc1cccc(NC(=O)Nc2cc(Cl)ccc2Oc2ccccc2)c1. The van der Waals surface area contributed by atoms with Gasteiger partial charge in [0.05, 0.1) is 12.8 Å². The van der Waals surface area contributed by atoms with Crippen molar-refractivity contribution in [3.05, 3.63) is 77.8 Å². The van der Waals surface area contributed by atoms with Gasteiger partial charge in [-0.15, -0.1) is 0 Å². The van der Waals surface area contributed by atoms with Crippen LogP contribution < -0.4 is 20.1 Å². The van der Waals surface area contributed by atoms with Gasteiger partial charge < -0.3 is 20.1 Å². The Labute approximate surface area is 156 Å². The number of nitrogens with one attached hydrogen (secondary N) is 2. The van der Waals surface area contributed by atoms with E-state index in [9.17, 15) is 4.79 Å². The third-order valence-corrected chi connectivity index (χ3v) is 3.72. The molecule has 26 heavy (non-hydrogen) atoms. The summed E-state index contributed by atoms with van der Waals surface area (Å²) in [6, 6.07) is 21.0. The monoisotopic (exact) mass is 368 g/mol. The number of amides is 2. The number of hydrogen-bond acceptors (Lipinski definition) is 3. The average molecular weight is 369 g/mol. The van der Waals surface area contributed by atoms with Crippen LogP contribution in [0.1, 0.15) is 0 Å². The van der Waals surface area contributed by atoms with Crippen molar-refractivity contribution in [3.8, 4) is 17.2 Å². The number of hydrogen-bond donors (Lipinski definition) is 2. The first-order valence-electron chi connectivity index (χ1n) is 7.88. The summed E-state index contributed by atoms with van der Waals surface area (Å²) in [5.41, 5.74) is 1.07. The van der Waals surface area contributed by atoms with Gasteiger partial charge in [0.2, 0.25) is 0 Å². The molecule has 0 atom stereocenters. The van der Waals surface area contributed by atoms with Gasteiger partial charge in [0.25, 0.3) is 0 Å². The van der Waals surface area contributed by atoms with Crippen LogP contribution >= 0.6 is 11.6 Å². The molecule has 0 fully saturated rings. The van der Waals surface area contributed by atoms with E-state index in [2.05, 4.69) is 10.6 Å². The minimum atomic E-state index is -0.418. The van der Waals surface area contributed by atoms with Gasteiger partial charge in [0, 0.05) is 16.8 Å². The van der Waals surface area contributed by atoms with Crippen molar-refractivity contribution in [1.82, 2.24) is 0 Å². The highest BCUT2D eigenvalue weighted by Gasteiger charge is 2.10. The average Bonchev–Trinajstić information content (AvgIpc) is 2.65. The quantitative estimate of drug-likeness (QED) is 0.599. The number of anilines is 2. The summed E-state index contributed by atoms with van der Waals surface area (Å²) in [5.74, 6) is 1.80. The number of halogens is 1. The highest BCUT2D eigenvalue weighted by Crippen LogP contribution is 2.32. The number of benzene rings is 3. The molecule has 0 heterocycles. The number of para-hydroxylation sites is 1. The van der Waals surface area contributed by atoms with E-state index in [1.54, 1.807) is 49.6 Å². The van der Waals surface area contributed by atoms with Crippen LogP contribution in [0.15, 0.2) is 72.8 Å². The molecule has 2 N–H and O–H groups in total. The summed E-state index contributed by atoms with van der Waals surface area (Å²) < 4.78 is 11.0. The van der Waals surface area contributed by atoms with Crippen molar-refractivity contribution >= 4 is 29.0 Å². The maximum absolute atomic E-state index is 12.3. The van der Waals surface area contributed by atoms with Gasteiger partial charge in [-0.05, 0) is 42.5 Å². The Morgan fingerprint density at radius 1 is 0.885 bits per heavy atom. The molecule has 0 saturated carbocycles. The van der Waals surface area contributed by atoms with Gasteiger partial charge in [-0.2, -0.15) is 0 Å². The lowest BCUT2D eigenvalue weighted by atomic mass is 10.2. The molecular formula is C20H17ClN2O3. The van der Waals surface area contributed by atoms with E-state index in [4.69, 9.17) is 21.1 Å². The van der Waals surface area contributed by atoms with Crippen molar-refractivity contribution in [3.63, 3.8) is 0 Å². The number of methoxy groups -OCH3 is 1. The fourth-order valence-corrected chi connectivity index (χ4v) is 2.46. The zero-order chi connectivity index (χ0) is 18.4. The normalized spacial score (nSPS) is 10.1. The van der Waals surface area contributed by atoms with Crippen molar-refractivity contribution < 1.29 is 14.3 Å². The van der Waals surface area contributed by atoms with Crippen LogP contribution in [0.2, 0.25) is 5.02 Å². The molecule has 3 rings (SSSR count). The number of rotatable bonds is 5. The molecule has 0 aliphatic rings. The molecule has 3 aromatic carbocycles. The van der Waals surface area contributed by atoms with E-state index in [1.165, 1.54) is 0 Å². The van der Waals surface area contributed by atoms with Gasteiger partial charge in [-0.3, -0.25) is 0 Å². The second-order valence-corrected chi connectivity index (χ2v) is 5.80. The molecule has 0 aliphatic carbocycles. The molecule has 0 saturated heterocycles. The van der Waals surface area contributed by atoms with Gasteiger partial charge in [-0.25, -0.2) is 4.79 Å². The van der Waals surface area contributed by atoms with Gasteiger partial charge >= 0.3 is 6.03 Å². The van der Waals surface area contributed by atoms with E-state index in [1.807, 2.05) is 30.3 Å². The van der Waals surface area contributed by atoms with E-state index in [0.29, 0.717) is 33.6 Å². The van der Waals surface area contributed by atoms with E-state index in [0.717, 1.165) is 0 Å². The summed E-state index contributed by atoms with van der Waals surface area (Å²) in [7, 11) is 1.57. The molecule has 0 radical (unpaired) electrons. The van der Waals surface area contributed by atoms with Crippen LogP contribution in [-0.4, -0.2) is 13.1 Å². The highest BCUT2D eigenvalue weighted by atomic mass is 35.5. The standard InChI is InChI=1S/C20H17ClN2O3/c1-25-17-9-5-6-15(13-17)22-20(24)23-18-12-14(21)10-11-19(18)26-16-7-3-2-4-8-16/h2-13H,1H3,(H2,22,23,24). The Hall–Kier alpha value is -3.18. The summed E-state index contributed by atoms with van der Waals surface area (Å²) in [5, 5.41) is 5.99. The van der Waals surface area contributed by atoms with Crippen molar-refractivity contribution in [2.24, 2.45) is 0 Å². The Morgan fingerprint density at radius 3 is 2.42 bits per heavy atom. The van der Waals surface area contributed by atoms with Gasteiger partial charge in [0.15, 0.2) is 5.75 Å². The molecule has 2 amide bonds. The lowest BCUT2D eigenvalue weighted by Gasteiger charge is -2.13. The summed E-state index contributed by atoms with van der Waals surface area (Å²) in [6.45, 7) is 0. The predicted octanol–water partition coefficient (Wildman–Crippen LogP) is 5.78. The molecule has 0 bridgehead atoms. The molecular weight excluding hydrogens is 352 g/mol. The first kappa shape index (κ1) is 17.6. The van der Waals surface area contributed by atoms with Crippen molar-refractivity contribution in [1.29, 1.82) is 0 Å². The summed E-state index contributed by atoms with van der Waals surface area (Å²) >= 11 is 6.06.